The van der Waals surface area contributed by atoms with E-state index in [4.69, 9.17) is 0 Å². The quantitative estimate of drug-likeness (QED) is 0.886. The fourth-order valence-electron chi connectivity index (χ4n) is 3.97. The molecule has 2 bridgehead atoms. The third-order valence-corrected chi connectivity index (χ3v) is 5.14. The van der Waals surface area contributed by atoms with E-state index < -0.39 is 0 Å². The van der Waals surface area contributed by atoms with Crippen LogP contribution in [0.4, 0.5) is 0 Å². The first-order chi connectivity index (χ1) is 8.70. The second kappa shape index (κ2) is 4.61. The molecule has 1 N–H and O–H groups in total. The highest BCUT2D eigenvalue weighted by molar-refractivity contribution is 4.97. The molecule has 2 fully saturated rings. The monoisotopic (exact) mass is 249 g/mol. The van der Waals surface area contributed by atoms with Gasteiger partial charge in [0.15, 0.2) is 5.82 Å². The van der Waals surface area contributed by atoms with Gasteiger partial charge in [-0.3, -0.25) is 0 Å². The van der Waals surface area contributed by atoms with Gasteiger partial charge in [-0.25, -0.2) is 4.68 Å². The highest BCUT2D eigenvalue weighted by Crippen LogP contribution is 2.52. The smallest absolute Gasteiger partial charge is 0.168 e. The molecule has 0 amide bonds. The molecule has 5 atom stereocenters. The van der Waals surface area contributed by atoms with Crippen molar-refractivity contribution in [3.05, 3.63) is 5.82 Å². The molecule has 3 rings (SSSR count). The van der Waals surface area contributed by atoms with Crippen LogP contribution in [0.1, 0.15) is 57.4 Å². The second-order valence-corrected chi connectivity index (χ2v) is 6.07. The number of tetrazole rings is 1. The van der Waals surface area contributed by atoms with E-state index in [1.807, 2.05) is 11.7 Å². The molecule has 1 heterocycles. The Morgan fingerprint density at radius 2 is 2.11 bits per heavy atom. The van der Waals surface area contributed by atoms with Crippen LogP contribution in [0.2, 0.25) is 0 Å². The van der Waals surface area contributed by atoms with Crippen LogP contribution in [0, 0.1) is 17.8 Å². The average molecular weight is 249 g/mol. The molecule has 2 aliphatic rings. The first-order valence-corrected chi connectivity index (χ1v) is 7.15. The van der Waals surface area contributed by atoms with E-state index in [0.717, 1.165) is 23.6 Å². The topological polar surface area (TPSA) is 55.6 Å². The summed E-state index contributed by atoms with van der Waals surface area (Å²) in [6.45, 7) is 4.39. The Morgan fingerprint density at radius 1 is 1.28 bits per heavy atom. The molecule has 5 heteroatoms. The van der Waals surface area contributed by atoms with Gasteiger partial charge >= 0.3 is 0 Å². The van der Waals surface area contributed by atoms with Gasteiger partial charge in [0, 0.05) is 0 Å². The van der Waals surface area contributed by atoms with Crippen molar-refractivity contribution < 1.29 is 0 Å². The molecule has 100 valence electrons. The summed E-state index contributed by atoms with van der Waals surface area (Å²) >= 11 is 0. The highest BCUT2D eigenvalue weighted by Gasteiger charge is 2.43. The Labute approximate surface area is 108 Å². The molecule has 2 saturated carbocycles. The van der Waals surface area contributed by atoms with Gasteiger partial charge in [-0.2, -0.15) is 0 Å². The maximum atomic E-state index is 4.23. The first kappa shape index (κ1) is 12.1. The Bertz CT molecular complexity index is 415. The largest absolute Gasteiger partial charge is 0.311 e. The summed E-state index contributed by atoms with van der Waals surface area (Å²) in [4.78, 5) is 0. The van der Waals surface area contributed by atoms with E-state index in [1.165, 1.54) is 25.7 Å². The molecule has 5 unspecified atom stereocenters. The summed E-state index contributed by atoms with van der Waals surface area (Å²) < 4.78 is 2.05. The van der Waals surface area contributed by atoms with Crippen LogP contribution in [0.25, 0.3) is 0 Å². The van der Waals surface area contributed by atoms with Crippen LogP contribution in [0.15, 0.2) is 0 Å². The summed E-state index contributed by atoms with van der Waals surface area (Å²) in [7, 11) is 1.95. The van der Waals surface area contributed by atoms with Gasteiger partial charge in [0.2, 0.25) is 0 Å². The van der Waals surface area contributed by atoms with Gasteiger partial charge in [0.25, 0.3) is 0 Å². The number of hydrogen-bond acceptors (Lipinski definition) is 4. The van der Waals surface area contributed by atoms with Crippen molar-refractivity contribution in [1.82, 2.24) is 25.5 Å². The van der Waals surface area contributed by atoms with E-state index in [2.05, 4.69) is 34.7 Å². The van der Waals surface area contributed by atoms with E-state index >= 15 is 0 Å². The molecule has 0 saturated heterocycles. The summed E-state index contributed by atoms with van der Waals surface area (Å²) in [5, 5.41) is 15.5. The zero-order valence-electron chi connectivity index (χ0n) is 11.5. The van der Waals surface area contributed by atoms with E-state index in [9.17, 15) is 0 Å². The van der Waals surface area contributed by atoms with Crippen LogP contribution < -0.4 is 5.32 Å². The fourth-order valence-corrected chi connectivity index (χ4v) is 3.97. The zero-order valence-corrected chi connectivity index (χ0v) is 11.5. The van der Waals surface area contributed by atoms with Gasteiger partial charge in [0.05, 0.1) is 12.1 Å². The standard InChI is InChI=1S/C13H23N5/c1-8(14-3)13-15-16-17-18(13)9(2)12-7-10-4-5-11(12)6-10/h8-12,14H,4-7H2,1-3H3. The fraction of sp³-hybridized carbons (Fsp3) is 0.923. The number of fused-ring (bicyclic) bond motifs is 2. The van der Waals surface area contributed by atoms with Crippen molar-refractivity contribution in [1.29, 1.82) is 0 Å². The van der Waals surface area contributed by atoms with Crippen molar-refractivity contribution >= 4 is 0 Å². The molecule has 0 spiro atoms. The Balaban J connectivity index is 1.80. The molecular formula is C13H23N5. The van der Waals surface area contributed by atoms with Crippen molar-refractivity contribution in [3.8, 4) is 0 Å². The second-order valence-electron chi connectivity index (χ2n) is 6.07. The maximum Gasteiger partial charge on any atom is 0.168 e. The van der Waals surface area contributed by atoms with Crippen LogP contribution in [-0.2, 0) is 0 Å². The van der Waals surface area contributed by atoms with Crippen LogP contribution >= 0.6 is 0 Å². The number of hydrogen-bond donors (Lipinski definition) is 1. The third-order valence-electron chi connectivity index (χ3n) is 5.14. The minimum Gasteiger partial charge on any atom is -0.311 e. The molecule has 1 aromatic heterocycles. The van der Waals surface area contributed by atoms with Gasteiger partial charge in [-0.1, -0.05) is 6.42 Å². The maximum absolute atomic E-state index is 4.23. The lowest BCUT2D eigenvalue weighted by atomic mass is 9.84. The Hall–Kier alpha value is -0.970. The molecule has 2 aliphatic carbocycles. The lowest BCUT2D eigenvalue weighted by Gasteiger charge is -2.28. The van der Waals surface area contributed by atoms with Gasteiger partial charge in [0.1, 0.15) is 0 Å². The van der Waals surface area contributed by atoms with Crippen molar-refractivity contribution in [3.63, 3.8) is 0 Å². The minimum atomic E-state index is 0.209. The minimum absolute atomic E-state index is 0.209. The summed E-state index contributed by atoms with van der Waals surface area (Å²) in [5.41, 5.74) is 0. The lowest BCUT2D eigenvalue weighted by Crippen LogP contribution is -2.27. The molecule has 1 aromatic rings. The molecule has 5 nitrogen and oxygen atoms in total. The van der Waals surface area contributed by atoms with E-state index in [-0.39, 0.29) is 6.04 Å². The Morgan fingerprint density at radius 3 is 2.72 bits per heavy atom. The molecule has 18 heavy (non-hydrogen) atoms. The predicted molar refractivity (Wildman–Crippen MR) is 68.9 cm³/mol. The van der Waals surface area contributed by atoms with Gasteiger partial charge in [-0.15, -0.1) is 5.10 Å². The van der Waals surface area contributed by atoms with Crippen molar-refractivity contribution in [2.24, 2.45) is 17.8 Å². The van der Waals surface area contributed by atoms with Gasteiger partial charge in [-0.05, 0) is 68.3 Å². The number of nitrogens with zero attached hydrogens (tertiary/aromatic N) is 4. The zero-order chi connectivity index (χ0) is 12.7. The van der Waals surface area contributed by atoms with Crippen LogP contribution in [-0.4, -0.2) is 27.3 Å². The van der Waals surface area contributed by atoms with Crippen molar-refractivity contribution in [2.45, 2.75) is 51.6 Å². The SMILES string of the molecule is CNC(C)c1nnnn1C(C)C1CC2CCC1C2. The van der Waals surface area contributed by atoms with E-state index in [0.29, 0.717) is 6.04 Å². The molecule has 0 aromatic carbocycles. The molecular weight excluding hydrogens is 226 g/mol. The number of nitrogens with one attached hydrogen (secondary N) is 1. The first-order valence-electron chi connectivity index (χ1n) is 7.15. The Kier molecular flexibility index (Phi) is 3.09. The summed E-state index contributed by atoms with van der Waals surface area (Å²) in [5.74, 6) is 3.62. The van der Waals surface area contributed by atoms with E-state index in [1.54, 1.807) is 0 Å². The third kappa shape index (κ3) is 1.85. The summed E-state index contributed by atoms with van der Waals surface area (Å²) in [6.07, 6.45) is 5.68. The van der Waals surface area contributed by atoms with Gasteiger partial charge < -0.3 is 5.32 Å². The summed E-state index contributed by atoms with van der Waals surface area (Å²) in [6, 6.07) is 0.641. The van der Waals surface area contributed by atoms with Crippen molar-refractivity contribution in [2.75, 3.05) is 7.05 Å². The van der Waals surface area contributed by atoms with Crippen LogP contribution in [0.3, 0.4) is 0 Å². The van der Waals surface area contributed by atoms with Crippen LogP contribution in [0.5, 0.6) is 0 Å². The predicted octanol–water partition coefficient (Wildman–Crippen LogP) is 1.95. The number of aromatic nitrogens is 4. The lowest BCUT2D eigenvalue weighted by molar-refractivity contribution is 0.221. The molecule has 0 aliphatic heterocycles. The molecule has 0 radical (unpaired) electrons. The average Bonchev–Trinajstić information content (AvgIpc) is 3.11. The highest BCUT2D eigenvalue weighted by atomic mass is 15.6. The normalized spacial score (nSPS) is 33.8. The number of rotatable bonds is 4.